The van der Waals surface area contributed by atoms with E-state index in [1.807, 2.05) is 0 Å². The number of alkyl halides is 1. The van der Waals surface area contributed by atoms with Gasteiger partial charge in [0.15, 0.2) is 0 Å². The predicted molar refractivity (Wildman–Crippen MR) is 90.2 cm³/mol. The van der Waals surface area contributed by atoms with Gasteiger partial charge < -0.3 is 4.57 Å². The molecule has 0 saturated heterocycles. The van der Waals surface area contributed by atoms with Crippen LogP contribution in [0.15, 0.2) is 22.7 Å². The van der Waals surface area contributed by atoms with Crippen LogP contribution in [0.2, 0.25) is 0 Å². The Morgan fingerprint density at radius 1 is 1.20 bits per heavy atom. The lowest BCUT2D eigenvalue weighted by atomic mass is 9.85. The normalized spacial score (nSPS) is 12.2. The summed E-state index contributed by atoms with van der Waals surface area (Å²) in [6.07, 6.45) is 0. The molecule has 2 rings (SSSR count). The van der Waals surface area contributed by atoms with Gasteiger partial charge in [0.05, 0.1) is 16.9 Å². The second kappa shape index (κ2) is 6.48. The lowest BCUT2D eigenvalue weighted by Crippen LogP contribution is -2.22. The number of halogens is 2. The van der Waals surface area contributed by atoms with Crippen molar-refractivity contribution in [2.75, 3.05) is 0 Å². The van der Waals surface area contributed by atoms with Crippen LogP contribution in [0.1, 0.15) is 33.5 Å². The van der Waals surface area contributed by atoms with Gasteiger partial charge in [-0.3, -0.25) is 0 Å². The van der Waals surface area contributed by atoms with Crippen molar-refractivity contribution >= 4 is 38.6 Å². The minimum Gasteiger partial charge on any atom is -0.327 e. The first-order chi connectivity index (χ1) is 9.43. The Hall–Kier alpha value is -0.540. The fourth-order valence-corrected chi connectivity index (χ4v) is 3.41. The summed E-state index contributed by atoms with van der Waals surface area (Å²) >= 11 is 9.59. The molecule has 110 valence electrons. The molecule has 1 heterocycles. The molecule has 0 N–H and O–H groups in total. The predicted octanol–water partition coefficient (Wildman–Crippen LogP) is 5.47. The number of benzene rings is 1. The summed E-state index contributed by atoms with van der Waals surface area (Å²) < 4.78 is 3.35. The highest BCUT2D eigenvalue weighted by molar-refractivity contribution is 9.10. The van der Waals surface area contributed by atoms with Crippen molar-refractivity contribution in [2.24, 2.45) is 17.8 Å². The van der Waals surface area contributed by atoms with Crippen molar-refractivity contribution < 1.29 is 0 Å². The minimum absolute atomic E-state index is 0.454. The molecule has 4 heteroatoms. The standard InChI is InChI=1S/C16H22BrClN2/c1-10(2)13(11(3)4)9-20-15-6-5-12(17)7-14(15)19-16(20)8-18/h5-7,10-11,13H,8-9H2,1-4H3. The van der Waals surface area contributed by atoms with Gasteiger partial charge in [0, 0.05) is 11.0 Å². The zero-order chi connectivity index (χ0) is 14.9. The van der Waals surface area contributed by atoms with Crippen molar-refractivity contribution in [3.63, 3.8) is 0 Å². The largest absolute Gasteiger partial charge is 0.327 e. The van der Waals surface area contributed by atoms with Crippen LogP contribution in [0.4, 0.5) is 0 Å². The third-order valence-electron chi connectivity index (χ3n) is 4.01. The second-order valence-electron chi connectivity index (χ2n) is 6.06. The van der Waals surface area contributed by atoms with Crippen LogP contribution in [0, 0.1) is 17.8 Å². The van der Waals surface area contributed by atoms with E-state index in [2.05, 4.69) is 71.4 Å². The number of hydrogen-bond donors (Lipinski definition) is 0. The highest BCUT2D eigenvalue weighted by Gasteiger charge is 2.21. The lowest BCUT2D eigenvalue weighted by molar-refractivity contribution is 0.252. The molecule has 0 fully saturated rings. The third-order valence-corrected chi connectivity index (χ3v) is 4.75. The molecule has 1 aromatic heterocycles. The van der Waals surface area contributed by atoms with E-state index in [0.717, 1.165) is 22.4 Å². The fraction of sp³-hybridized carbons (Fsp3) is 0.562. The van der Waals surface area contributed by atoms with Gasteiger partial charge in [-0.05, 0) is 36.0 Å². The zero-order valence-corrected chi connectivity index (χ0v) is 14.9. The van der Waals surface area contributed by atoms with Crippen molar-refractivity contribution in [3.05, 3.63) is 28.5 Å². The minimum atomic E-state index is 0.454. The van der Waals surface area contributed by atoms with Gasteiger partial charge >= 0.3 is 0 Å². The number of aromatic nitrogens is 2. The van der Waals surface area contributed by atoms with E-state index in [-0.39, 0.29) is 0 Å². The van der Waals surface area contributed by atoms with Crippen LogP contribution in [0.25, 0.3) is 11.0 Å². The summed E-state index contributed by atoms with van der Waals surface area (Å²) in [5, 5.41) is 0. The fourth-order valence-electron chi connectivity index (χ4n) is 2.86. The van der Waals surface area contributed by atoms with Crippen molar-refractivity contribution in [3.8, 4) is 0 Å². The van der Waals surface area contributed by atoms with E-state index >= 15 is 0 Å². The highest BCUT2D eigenvalue weighted by Crippen LogP contribution is 2.27. The van der Waals surface area contributed by atoms with Gasteiger partial charge in [0.1, 0.15) is 5.82 Å². The topological polar surface area (TPSA) is 17.8 Å². The maximum absolute atomic E-state index is 6.09. The number of rotatable bonds is 5. The quantitative estimate of drug-likeness (QED) is 0.649. The second-order valence-corrected chi connectivity index (χ2v) is 7.24. The summed E-state index contributed by atoms with van der Waals surface area (Å²) in [6, 6.07) is 6.25. The Bertz CT molecular complexity index is 581. The summed E-state index contributed by atoms with van der Waals surface area (Å²) in [6.45, 7) is 10.2. The van der Waals surface area contributed by atoms with Crippen LogP contribution in [0.5, 0.6) is 0 Å². The van der Waals surface area contributed by atoms with Crippen LogP contribution in [-0.4, -0.2) is 9.55 Å². The maximum Gasteiger partial charge on any atom is 0.124 e. The first kappa shape index (κ1) is 15.8. The molecule has 0 bridgehead atoms. The molecule has 0 saturated carbocycles. The van der Waals surface area contributed by atoms with E-state index in [0.29, 0.717) is 23.6 Å². The molecule has 0 aliphatic rings. The molecular formula is C16H22BrClN2. The summed E-state index contributed by atoms with van der Waals surface area (Å²) in [7, 11) is 0. The van der Waals surface area contributed by atoms with Gasteiger partial charge in [-0.15, -0.1) is 11.6 Å². The molecule has 20 heavy (non-hydrogen) atoms. The van der Waals surface area contributed by atoms with Gasteiger partial charge in [0.2, 0.25) is 0 Å². The molecule has 2 aromatic rings. The molecule has 0 amide bonds. The molecule has 0 radical (unpaired) electrons. The molecule has 1 aromatic carbocycles. The van der Waals surface area contributed by atoms with Gasteiger partial charge in [0.25, 0.3) is 0 Å². The van der Waals surface area contributed by atoms with Crippen molar-refractivity contribution in [1.82, 2.24) is 9.55 Å². The van der Waals surface area contributed by atoms with E-state index in [1.165, 1.54) is 5.52 Å². The third kappa shape index (κ3) is 3.20. The van der Waals surface area contributed by atoms with Crippen molar-refractivity contribution in [1.29, 1.82) is 0 Å². The van der Waals surface area contributed by atoms with Crippen LogP contribution in [-0.2, 0) is 12.4 Å². The smallest absolute Gasteiger partial charge is 0.124 e. The van der Waals surface area contributed by atoms with Gasteiger partial charge in [-0.25, -0.2) is 4.98 Å². The molecular weight excluding hydrogens is 336 g/mol. The zero-order valence-electron chi connectivity index (χ0n) is 12.5. The Kier molecular flexibility index (Phi) is 5.14. The Morgan fingerprint density at radius 3 is 2.40 bits per heavy atom. The Labute approximate surface area is 134 Å². The number of hydrogen-bond acceptors (Lipinski definition) is 1. The van der Waals surface area contributed by atoms with E-state index in [1.54, 1.807) is 0 Å². The monoisotopic (exact) mass is 356 g/mol. The van der Waals surface area contributed by atoms with Crippen LogP contribution in [0.3, 0.4) is 0 Å². The molecule has 0 atom stereocenters. The Morgan fingerprint density at radius 2 is 1.85 bits per heavy atom. The van der Waals surface area contributed by atoms with E-state index in [9.17, 15) is 0 Å². The highest BCUT2D eigenvalue weighted by atomic mass is 79.9. The average Bonchev–Trinajstić information content (AvgIpc) is 2.71. The molecule has 2 nitrogen and oxygen atoms in total. The first-order valence-electron chi connectivity index (χ1n) is 7.14. The van der Waals surface area contributed by atoms with Gasteiger partial charge in [-0.2, -0.15) is 0 Å². The lowest BCUT2D eigenvalue weighted by Gasteiger charge is -2.26. The number of imidazole rings is 1. The van der Waals surface area contributed by atoms with E-state index in [4.69, 9.17) is 11.6 Å². The molecule has 0 unspecified atom stereocenters. The molecule has 0 aliphatic heterocycles. The first-order valence-corrected chi connectivity index (χ1v) is 8.47. The Balaban J connectivity index is 2.46. The molecule has 0 aliphatic carbocycles. The van der Waals surface area contributed by atoms with E-state index < -0.39 is 0 Å². The number of fused-ring (bicyclic) bond motifs is 1. The number of nitrogens with zero attached hydrogens (tertiary/aromatic N) is 2. The average molecular weight is 358 g/mol. The van der Waals surface area contributed by atoms with Crippen LogP contribution >= 0.6 is 27.5 Å². The summed E-state index contributed by atoms with van der Waals surface area (Å²) in [5.74, 6) is 3.33. The SMILES string of the molecule is CC(C)C(Cn1c(CCl)nc2cc(Br)ccc21)C(C)C. The van der Waals surface area contributed by atoms with Crippen molar-refractivity contribution in [2.45, 2.75) is 40.1 Å². The summed E-state index contributed by atoms with van der Waals surface area (Å²) in [5.41, 5.74) is 2.19. The maximum atomic E-state index is 6.09. The summed E-state index contributed by atoms with van der Waals surface area (Å²) in [4.78, 5) is 4.66. The van der Waals surface area contributed by atoms with Gasteiger partial charge in [-0.1, -0.05) is 43.6 Å². The van der Waals surface area contributed by atoms with Crippen LogP contribution < -0.4 is 0 Å². The molecule has 0 spiro atoms.